The van der Waals surface area contributed by atoms with Crippen molar-refractivity contribution in [2.24, 2.45) is 0 Å². The molecule has 0 aliphatic rings. The predicted molar refractivity (Wildman–Crippen MR) is 40.8 cm³/mol. The molecule has 0 bridgehead atoms. The zero-order valence-corrected chi connectivity index (χ0v) is 5.97. The van der Waals surface area contributed by atoms with E-state index in [1.807, 2.05) is 4.98 Å². The van der Waals surface area contributed by atoms with Crippen molar-refractivity contribution in [1.29, 1.82) is 0 Å². The number of pyridine rings is 1. The van der Waals surface area contributed by atoms with E-state index < -0.39 is 17.5 Å². The average molecular weight is 175 g/mol. The lowest BCUT2D eigenvalue weighted by Crippen LogP contribution is -2.17. The summed E-state index contributed by atoms with van der Waals surface area (Å²) in [7, 11) is 0. The maximum Gasteiger partial charge on any atom is 0.271 e. The molecule has 1 aromatic heterocycles. The van der Waals surface area contributed by atoms with Crippen molar-refractivity contribution in [1.82, 2.24) is 4.98 Å². The maximum absolute atomic E-state index is 12.1. The molecule has 0 saturated carbocycles. The van der Waals surface area contributed by atoms with E-state index in [2.05, 4.69) is 0 Å². The molecule has 12 heavy (non-hydrogen) atoms. The van der Waals surface area contributed by atoms with Crippen LogP contribution < -0.4 is 17.0 Å². The average Bonchev–Trinajstić information content (AvgIpc) is 1.82. The zero-order valence-electron chi connectivity index (χ0n) is 5.97. The van der Waals surface area contributed by atoms with Gasteiger partial charge in [0.2, 0.25) is 0 Å². The Hall–Kier alpha value is -1.59. The van der Waals surface area contributed by atoms with Crippen LogP contribution in [0.25, 0.3) is 0 Å². The minimum absolute atomic E-state index is 0.0260. The largest absolute Gasteiger partial charge is 0.398 e. The third-order valence-electron chi connectivity index (χ3n) is 1.34. The summed E-state index contributed by atoms with van der Waals surface area (Å²) in [6.45, 7) is 0. The van der Waals surface area contributed by atoms with Crippen molar-refractivity contribution in [3.05, 3.63) is 22.0 Å². The van der Waals surface area contributed by atoms with E-state index in [4.69, 9.17) is 11.5 Å². The van der Waals surface area contributed by atoms with E-state index in [0.717, 1.165) is 6.07 Å². The van der Waals surface area contributed by atoms with E-state index >= 15 is 0 Å². The number of anilines is 2. The Bertz CT molecular complexity index is 347. The van der Waals surface area contributed by atoms with Gasteiger partial charge in [0.05, 0.1) is 0 Å². The Morgan fingerprint density at radius 2 is 2.00 bits per heavy atom. The number of alkyl halides is 2. The fourth-order valence-corrected chi connectivity index (χ4v) is 0.836. The number of halogens is 2. The topological polar surface area (TPSA) is 84.9 Å². The smallest absolute Gasteiger partial charge is 0.271 e. The van der Waals surface area contributed by atoms with Crippen LogP contribution in [0, 0.1) is 0 Å². The molecule has 0 spiro atoms. The van der Waals surface area contributed by atoms with Gasteiger partial charge in [0.15, 0.2) is 0 Å². The molecular formula is C6H7F2N3O. The van der Waals surface area contributed by atoms with Gasteiger partial charge in [0, 0.05) is 11.8 Å². The van der Waals surface area contributed by atoms with Crippen molar-refractivity contribution >= 4 is 11.5 Å². The minimum Gasteiger partial charge on any atom is -0.398 e. The molecule has 0 amide bonds. The quantitative estimate of drug-likeness (QED) is 0.580. The first-order chi connectivity index (χ1) is 5.52. The molecule has 0 saturated heterocycles. The van der Waals surface area contributed by atoms with E-state index in [1.165, 1.54) is 0 Å². The highest BCUT2D eigenvalue weighted by Crippen LogP contribution is 2.21. The highest BCUT2D eigenvalue weighted by Gasteiger charge is 2.15. The number of aromatic amines is 1. The molecule has 0 aliphatic heterocycles. The first-order valence-electron chi connectivity index (χ1n) is 3.08. The number of aromatic nitrogens is 1. The highest BCUT2D eigenvalue weighted by molar-refractivity contribution is 5.52. The number of nitrogens with one attached hydrogen (secondary N) is 1. The van der Waals surface area contributed by atoms with Gasteiger partial charge >= 0.3 is 0 Å². The molecule has 5 N–H and O–H groups in total. The molecule has 66 valence electrons. The summed E-state index contributed by atoms with van der Waals surface area (Å²) in [5.74, 6) is -0.0260. The second kappa shape index (κ2) is 2.80. The number of H-pyrrole nitrogens is 1. The number of rotatable bonds is 1. The van der Waals surface area contributed by atoms with Crippen LogP contribution in [0.5, 0.6) is 0 Å². The van der Waals surface area contributed by atoms with Crippen molar-refractivity contribution < 1.29 is 8.78 Å². The second-order valence-electron chi connectivity index (χ2n) is 2.22. The summed E-state index contributed by atoms with van der Waals surface area (Å²) in [4.78, 5) is 12.8. The summed E-state index contributed by atoms with van der Waals surface area (Å²) in [6, 6.07) is 1.09. The maximum atomic E-state index is 12.1. The monoisotopic (exact) mass is 175 g/mol. The summed E-state index contributed by atoms with van der Waals surface area (Å²) < 4.78 is 24.2. The molecule has 0 atom stereocenters. The van der Waals surface area contributed by atoms with Crippen LogP contribution in [0.1, 0.15) is 12.0 Å². The Kier molecular flexibility index (Phi) is 1.99. The summed E-state index contributed by atoms with van der Waals surface area (Å²) in [6.07, 6.45) is -2.88. The van der Waals surface area contributed by atoms with Gasteiger partial charge in [-0.3, -0.25) is 4.79 Å². The fourth-order valence-electron chi connectivity index (χ4n) is 0.836. The first kappa shape index (κ1) is 8.51. The van der Waals surface area contributed by atoms with Gasteiger partial charge in [0.25, 0.3) is 12.0 Å². The summed E-state index contributed by atoms with van der Waals surface area (Å²) in [5, 5.41) is 0. The van der Waals surface area contributed by atoms with Crippen molar-refractivity contribution in [3.63, 3.8) is 0 Å². The molecule has 1 aromatic rings. The van der Waals surface area contributed by atoms with E-state index in [0.29, 0.717) is 0 Å². The Balaban J connectivity index is 3.39. The van der Waals surface area contributed by atoms with Crippen molar-refractivity contribution in [2.45, 2.75) is 6.43 Å². The second-order valence-corrected chi connectivity index (χ2v) is 2.22. The minimum atomic E-state index is -2.88. The van der Waals surface area contributed by atoms with Gasteiger partial charge in [-0.2, -0.15) is 0 Å². The van der Waals surface area contributed by atoms with Gasteiger partial charge in [-0.25, -0.2) is 8.78 Å². The lowest BCUT2D eigenvalue weighted by atomic mass is 10.2. The predicted octanol–water partition coefficient (Wildman–Crippen LogP) is 0.477. The Morgan fingerprint density at radius 1 is 1.42 bits per heavy atom. The molecule has 0 fully saturated rings. The first-order valence-corrected chi connectivity index (χ1v) is 3.08. The van der Waals surface area contributed by atoms with E-state index in [9.17, 15) is 13.6 Å². The van der Waals surface area contributed by atoms with Gasteiger partial charge in [0.1, 0.15) is 11.4 Å². The van der Waals surface area contributed by atoms with E-state index in [-0.39, 0.29) is 11.5 Å². The number of nitrogen functional groups attached to an aromatic ring is 2. The summed E-state index contributed by atoms with van der Waals surface area (Å²) in [5.41, 5.74) is 8.33. The molecular weight excluding hydrogens is 168 g/mol. The molecule has 0 aromatic carbocycles. The lowest BCUT2D eigenvalue weighted by molar-refractivity contribution is 0.150. The van der Waals surface area contributed by atoms with Crippen LogP contribution in [0.15, 0.2) is 10.9 Å². The summed E-state index contributed by atoms with van der Waals surface area (Å²) >= 11 is 0. The van der Waals surface area contributed by atoms with E-state index in [1.54, 1.807) is 0 Å². The van der Waals surface area contributed by atoms with Gasteiger partial charge in [-0.15, -0.1) is 0 Å². The Morgan fingerprint density at radius 3 is 2.42 bits per heavy atom. The number of nitrogens with two attached hydrogens (primary N) is 2. The molecule has 0 aliphatic carbocycles. The van der Waals surface area contributed by atoms with Gasteiger partial charge in [-0.05, 0) is 0 Å². The fraction of sp³-hybridized carbons (Fsp3) is 0.167. The molecule has 0 unspecified atom stereocenters. The SMILES string of the molecule is Nc1cc(N)c(C(F)F)c(=O)[nH]1. The zero-order chi connectivity index (χ0) is 9.30. The molecule has 6 heteroatoms. The van der Waals surface area contributed by atoms with Crippen LogP contribution in [0.3, 0.4) is 0 Å². The van der Waals surface area contributed by atoms with Crippen LogP contribution in [0.2, 0.25) is 0 Å². The van der Waals surface area contributed by atoms with Crippen molar-refractivity contribution in [3.8, 4) is 0 Å². The lowest BCUT2D eigenvalue weighted by Gasteiger charge is -2.03. The normalized spacial score (nSPS) is 10.6. The van der Waals surface area contributed by atoms with Gasteiger partial charge in [-0.1, -0.05) is 0 Å². The standard InChI is InChI=1S/C6H7F2N3O/c7-5(8)4-2(9)1-3(10)11-6(4)12/h1,5H,(H5,9,10,11,12). The molecule has 1 heterocycles. The number of hydrogen-bond donors (Lipinski definition) is 3. The van der Waals surface area contributed by atoms with Gasteiger partial charge < -0.3 is 16.5 Å². The Labute approximate surface area is 66.2 Å². The van der Waals surface area contributed by atoms with Crippen molar-refractivity contribution in [2.75, 3.05) is 11.5 Å². The van der Waals surface area contributed by atoms with Crippen LogP contribution in [0.4, 0.5) is 20.3 Å². The van der Waals surface area contributed by atoms with Crippen LogP contribution >= 0.6 is 0 Å². The third-order valence-corrected chi connectivity index (χ3v) is 1.34. The third kappa shape index (κ3) is 1.36. The van der Waals surface area contributed by atoms with Crippen LogP contribution in [-0.2, 0) is 0 Å². The number of hydrogen-bond acceptors (Lipinski definition) is 3. The molecule has 4 nitrogen and oxygen atoms in total. The molecule has 1 rings (SSSR count). The highest BCUT2D eigenvalue weighted by atomic mass is 19.3. The van der Waals surface area contributed by atoms with Crippen LogP contribution in [-0.4, -0.2) is 4.98 Å². The molecule has 0 radical (unpaired) electrons.